The van der Waals surface area contributed by atoms with Gasteiger partial charge in [-0.2, -0.15) is 12.6 Å². The number of amides is 9. The molecule has 64 heavy (non-hydrogen) atoms. The number of carbonyl (C=O) groups is 12. The molecule has 0 unspecified atom stereocenters. The molecule has 1 saturated heterocycles. The van der Waals surface area contributed by atoms with Gasteiger partial charge in [0.15, 0.2) is 0 Å². The molecular weight excluding hydrogens is 873 g/mol. The first kappa shape index (κ1) is 55.9. The van der Waals surface area contributed by atoms with Gasteiger partial charge in [-0.05, 0) is 37.5 Å². The molecule has 0 aromatic heterocycles. The molecule has 1 rings (SSSR count). The largest absolute Gasteiger partial charge is 0.481 e. The number of aliphatic hydroxyl groups is 1. The van der Waals surface area contributed by atoms with Crippen LogP contribution in [0.25, 0.3) is 0 Å². The van der Waals surface area contributed by atoms with Gasteiger partial charge in [-0.25, -0.2) is 4.79 Å². The lowest BCUT2D eigenvalue weighted by molar-refractivity contribution is -0.144. The van der Waals surface area contributed by atoms with E-state index in [-0.39, 0.29) is 31.1 Å². The number of likely N-dealkylation sites (tertiary alicyclic amines) is 1. The first-order valence-electron chi connectivity index (χ1n) is 20.2. The van der Waals surface area contributed by atoms with Crippen molar-refractivity contribution in [3.8, 4) is 0 Å². The first-order chi connectivity index (χ1) is 29.9. The number of nitrogens with zero attached hydrogens (tertiary/aromatic N) is 1. The maximum Gasteiger partial charge on any atom is 0.326 e. The van der Waals surface area contributed by atoms with E-state index in [0.29, 0.717) is 6.42 Å². The molecule has 0 aliphatic carbocycles. The van der Waals surface area contributed by atoms with Gasteiger partial charge in [-0.1, -0.05) is 27.7 Å². The number of aliphatic carboxylic acids is 3. The molecule has 27 heteroatoms. The fourth-order valence-electron chi connectivity index (χ4n) is 5.99. The maximum absolute atomic E-state index is 13.3. The summed E-state index contributed by atoms with van der Waals surface area (Å²) in [6, 6.07) is -9.59. The van der Waals surface area contributed by atoms with E-state index >= 15 is 0 Å². The van der Waals surface area contributed by atoms with Crippen LogP contribution in [0, 0.1) is 11.8 Å². The van der Waals surface area contributed by atoms with Crippen molar-refractivity contribution in [2.75, 3.05) is 38.5 Å². The van der Waals surface area contributed by atoms with E-state index in [0.717, 1.165) is 0 Å². The van der Waals surface area contributed by atoms with E-state index in [2.05, 4.69) is 44.5 Å². The van der Waals surface area contributed by atoms with Crippen LogP contribution in [0.4, 0.5) is 0 Å². The van der Waals surface area contributed by atoms with Gasteiger partial charge in [-0.15, -0.1) is 0 Å². The topological polar surface area (TPSA) is 411 Å². The molecule has 360 valence electrons. The standard InChI is InChI=1S/C37H60N10O16S/c1-17(2)10-21(35(60)46-30(18(3)4)37(62)63)44-36(61)24-6-5-9-47(24)27(51)14-39-25(49)12-40-33(58)23(15-48)45-34(59)22(11-29(54)55)42-26(50)13-41-32(57)20(7-8-28(52)53)43-31(56)19(38)16-64/h17-24,30,48,64H,5-16,38H2,1-4H3,(H,39,49)(H,40,58)(H,41,57)(H,42,50)(H,43,56)(H,44,61)(H,45,59)(H,46,60)(H,52,53)(H,54,55)(H,62,63)/t19-,20-,21-,22-,23-,24-,30-/m0/s1. The van der Waals surface area contributed by atoms with Crippen LogP contribution >= 0.6 is 12.6 Å². The van der Waals surface area contributed by atoms with Crippen molar-refractivity contribution in [1.29, 1.82) is 0 Å². The lowest BCUT2D eigenvalue weighted by Crippen LogP contribution is -2.57. The Balaban J connectivity index is 2.81. The van der Waals surface area contributed by atoms with Crippen LogP contribution in [0.15, 0.2) is 0 Å². The van der Waals surface area contributed by atoms with Crippen molar-refractivity contribution in [3.05, 3.63) is 0 Å². The van der Waals surface area contributed by atoms with Crippen LogP contribution in [-0.2, 0) is 57.5 Å². The fourth-order valence-corrected chi connectivity index (χ4v) is 6.16. The molecule has 26 nitrogen and oxygen atoms in total. The quantitative estimate of drug-likeness (QED) is 0.0325. The van der Waals surface area contributed by atoms with Crippen molar-refractivity contribution >= 4 is 83.7 Å². The van der Waals surface area contributed by atoms with E-state index in [1.165, 1.54) is 4.90 Å². The monoisotopic (exact) mass is 932 g/mol. The summed E-state index contributed by atoms with van der Waals surface area (Å²) >= 11 is 3.87. The Labute approximate surface area is 373 Å². The number of nitrogens with one attached hydrogen (secondary N) is 8. The lowest BCUT2D eigenvalue weighted by atomic mass is 10.00. The third kappa shape index (κ3) is 20.0. The van der Waals surface area contributed by atoms with Gasteiger partial charge in [0.25, 0.3) is 0 Å². The highest BCUT2D eigenvalue weighted by atomic mass is 32.1. The third-order valence-electron chi connectivity index (χ3n) is 9.39. The molecule has 1 heterocycles. The Kier molecular flexibility index (Phi) is 24.3. The lowest BCUT2D eigenvalue weighted by Gasteiger charge is -2.28. The van der Waals surface area contributed by atoms with Crippen molar-refractivity contribution in [3.63, 3.8) is 0 Å². The summed E-state index contributed by atoms with van der Waals surface area (Å²) in [5.41, 5.74) is 5.57. The van der Waals surface area contributed by atoms with Gasteiger partial charge in [0.1, 0.15) is 36.3 Å². The Bertz CT molecular complexity index is 1730. The summed E-state index contributed by atoms with van der Waals surface area (Å²) in [4.78, 5) is 151. The molecule has 0 aromatic rings. The number of carboxylic acid groups (broad SMARTS) is 3. The minimum atomic E-state index is -1.88. The molecule has 9 amide bonds. The van der Waals surface area contributed by atoms with E-state index < -0.39 is 165 Å². The summed E-state index contributed by atoms with van der Waals surface area (Å²) in [6.45, 7) is 3.59. The fraction of sp³-hybridized carbons (Fsp3) is 0.676. The number of carbonyl (C=O) groups excluding carboxylic acids is 9. The number of nitrogens with two attached hydrogens (primary N) is 1. The molecule has 7 atom stereocenters. The molecule has 0 radical (unpaired) electrons. The van der Waals surface area contributed by atoms with Gasteiger partial charge < -0.3 is 73.6 Å². The molecule has 0 aromatic carbocycles. The molecule has 0 saturated carbocycles. The van der Waals surface area contributed by atoms with Crippen LogP contribution in [0.2, 0.25) is 0 Å². The predicted octanol–water partition coefficient (Wildman–Crippen LogP) is -5.87. The van der Waals surface area contributed by atoms with Crippen LogP contribution in [0.5, 0.6) is 0 Å². The normalized spacial score (nSPS) is 16.1. The second kappa shape index (κ2) is 27.9. The van der Waals surface area contributed by atoms with Crippen molar-refractivity contribution in [2.45, 2.75) is 109 Å². The minimum absolute atomic E-state index is 0.0818. The number of rotatable bonds is 28. The zero-order chi connectivity index (χ0) is 48.8. The van der Waals surface area contributed by atoms with Crippen LogP contribution in [-0.4, -0.2) is 177 Å². The van der Waals surface area contributed by atoms with Crippen molar-refractivity contribution in [1.82, 2.24) is 47.4 Å². The van der Waals surface area contributed by atoms with Gasteiger partial charge >= 0.3 is 17.9 Å². The molecule has 1 fully saturated rings. The van der Waals surface area contributed by atoms with E-state index in [4.69, 9.17) is 10.8 Å². The van der Waals surface area contributed by atoms with E-state index in [1.54, 1.807) is 27.7 Å². The van der Waals surface area contributed by atoms with Gasteiger partial charge in [0.05, 0.1) is 38.7 Å². The molecule has 1 aliphatic rings. The van der Waals surface area contributed by atoms with Gasteiger partial charge in [0.2, 0.25) is 53.2 Å². The second-order valence-electron chi connectivity index (χ2n) is 15.5. The van der Waals surface area contributed by atoms with Crippen LogP contribution < -0.4 is 48.3 Å². The van der Waals surface area contributed by atoms with Crippen molar-refractivity contribution < 1.29 is 78.0 Å². The molecule has 0 spiro atoms. The predicted molar refractivity (Wildman–Crippen MR) is 223 cm³/mol. The zero-order valence-electron chi connectivity index (χ0n) is 35.8. The Morgan fingerprint density at radius 2 is 1.25 bits per heavy atom. The Morgan fingerprint density at radius 1 is 0.672 bits per heavy atom. The highest BCUT2D eigenvalue weighted by Gasteiger charge is 2.37. The second-order valence-corrected chi connectivity index (χ2v) is 15.8. The summed E-state index contributed by atoms with van der Waals surface area (Å²) in [7, 11) is 0. The Hall–Kier alpha value is -6.09. The SMILES string of the molecule is CC(C)C[C@H](NC(=O)[C@@H]1CCCN1C(=O)CNC(=O)CNC(=O)[C@H](CO)NC(=O)[C@H](CC(=O)O)NC(=O)CNC(=O)[C@H](CCC(=O)O)NC(=O)[C@@H](N)CS)C(=O)N[C@H](C(=O)O)C(C)C. The van der Waals surface area contributed by atoms with Crippen molar-refractivity contribution in [2.24, 2.45) is 17.6 Å². The summed E-state index contributed by atoms with van der Waals surface area (Å²) in [5.74, 6) is -13.1. The molecule has 14 N–H and O–H groups in total. The maximum atomic E-state index is 13.3. The first-order valence-corrected chi connectivity index (χ1v) is 20.8. The minimum Gasteiger partial charge on any atom is -0.481 e. The number of hydrogen-bond donors (Lipinski definition) is 14. The molecule has 0 bridgehead atoms. The average molecular weight is 933 g/mol. The molecular formula is C37H60N10O16S. The molecule has 1 aliphatic heterocycles. The number of thiol groups is 1. The van der Waals surface area contributed by atoms with Crippen LogP contribution in [0.1, 0.15) is 66.2 Å². The van der Waals surface area contributed by atoms with E-state index in [1.807, 2.05) is 10.6 Å². The average Bonchev–Trinajstić information content (AvgIpc) is 3.72. The highest BCUT2D eigenvalue weighted by Crippen LogP contribution is 2.18. The zero-order valence-corrected chi connectivity index (χ0v) is 36.7. The van der Waals surface area contributed by atoms with Gasteiger partial charge in [-0.3, -0.25) is 52.7 Å². The summed E-state index contributed by atoms with van der Waals surface area (Å²) in [6.07, 6.45) is -1.19. The Morgan fingerprint density at radius 3 is 1.78 bits per heavy atom. The number of aliphatic hydroxyl groups excluding tert-OH is 1. The number of hydrogen-bond acceptors (Lipinski definition) is 15. The number of carboxylic acids is 3. The van der Waals surface area contributed by atoms with Gasteiger partial charge in [0, 0.05) is 18.7 Å². The smallest absolute Gasteiger partial charge is 0.326 e. The van der Waals surface area contributed by atoms with Crippen LogP contribution in [0.3, 0.4) is 0 Å². The summed E-state index contributed by atoms with van der Waals surface area (Å²) in [5, 5.41) is 55.5. The van der Waals surface area contributed by atoms with E-state index in [9.17, 15) is 72.9 Å². The third-order valence-corrected chi connectivity index (χ3v) is 9.78. The highest BCUT2D eigenvalue weighted by molar-refractivity contribution is 7.80. The summed E-state index contributed by atoms with van der Waals surface area (Å²) < 4.78 is 0.